The summed E-state index contributed by atoms with van der Waals surface area (Å²) in [5, 5.41) is 2.96. The Bertz CT molecular complexity index is 692. The van der Waals surface area contributed by atoms with Crippen molar-refractivity contribution in [1.29, 1.82) is 0 Å². The van der Waals surface area contributed by atoms with Gasteiger partial charge in [0.2, 0.25) is 0 Å². The highest BCUT2D eigenvalue weighted by Gasteiger charge is 2.11. The highest BCUT2D eigenvalue weighted by Crippen LogP contribution is 2.25. The van der Waals surface area contributed by atoms with Crippen molar-refractivity contribution >= 4 is 11.6 Å². The summed E-state index contributed by atoms with van der Waals surface area (Å²) in [6.45, 7) is 12.1. The van der Waals surface area contributed by atoms with E-state index in [9.17, 15) is 4.79 Å². The van der Waals surface area contributed by atoms with Gasteiger partial charge in [-0.3, -0.25) is 9.69 Å². The smallest absolute Gasteiger partial charge is 0.255 e. The predicted molar refractivity (Wildman–Crippen MR) is 108 cm³/mol. The third-order valence-electron chi connectivity index (χ3n) is 4.22. The Labute approximate surface area is 157 Å². The molecule has 0 aliphatic heterocycles. The third kappa shape index (κ3) is 5.88. The lowest BCUT2D eigenvalue weighted by Crippen LogP contribution is -2.22. The molecule has 4 heteroatoms. The first-order valence-electron chi connectivity index (χ1n) is 9.38. The molecule has 140 valence electrons. The van der Waals surface area contributed by atoms with Gasteiger partial charge in [0.25, 0.3) is 5.91 Å². The molecule has 1 amide bonds. The Balaban J connectivity index is 2.04. The first-order valence-corrected chi connectivity index (χ1v) is 9.38. The summed E-state index contributed by atoms with van der Waals surface area (Å²) in [6, 6.07) is 15.4. The SMILES string of the molecule is CCN(CC)Cc1ccc(C(=O)Nc2ccccc2OCC(C)C)cc1. The second-order valence-corrected chi connectivity index (χ2v) is 6.81. The summed E-state index contributed by atoms with van der Waals surface area (Å²) in [5.41, 5.74) is 2.56. The summed E-state index contributed by atoms with van der Waals surface area (Å²) >= 11 is 0. The second kappa shape index (κ2) is 9.97. The third-order valence-corrected chi connectivity index (χ3v) is 4.22. The number of carbonyl (C=O) groups excluding carboxylic acids is 1. The Kier molecular flexibility index (Phi) is 7.67. The molecule has 0 radical (unpaired) electrons. The number of benzene rings is 2. The number of amides is 1. The summed E-state index contributed by atoms with van der Waals surface area (Å²) in [6.07, 6.45) is 0. The second-order valence-electron chi connectivity index (χ2n) is 6.81. The van der Waals surface area contributed by atoms with Gasteiger partial charge in [-0.15, -0.1) is 0 Å². The van der Waals surface area contributed by atoms with Crippen molar-refractivity contribution in [2.45, 2.75) is 34.2 Å². The summed E-state index contributed by atoms with van der Waals surface area (Å²) in [7, 11) is 0. The average Bonchev–Trinajstić information content (AvgIpc) is 2.65. The Morgan fingerprint density at radius 1 is 1.04 bits per heavy atom. The lowest BCUT2D eigenvalue weighted by molar-refractivity contribution is 0.102. The van der Waals surface area contributed by atoms with Crippen LogP contribution < -0.4 is 10.1 Å². The number of rotatable bonds is 9. The van der Waals surface area contributed by atoms with Crippen LogP contribution in [0.4, 0.5) is 5.69 Å². The Morgan fingerprint density at radius 2 is 1.69 bits per heavy atom. The monoisotopic (exact) mass is 354 g/mol. The van der Waals surface area contributed by atoms with Gasteiger partial charge in [-0.1, -0.05) is 52.0 Å². The molecule has 0 atom stereocenters. The van der Waals surface area contributed by atoms with Gasteiger partial charge in [0.05, 0.1) is 12.3 Å². The van der Waals surface area contributed by atoms with E-state index in [0.717, 1.165) is 19.6 Å². The van der Waals surface area contributed by atoms with Crippen LogP contribution in [-0.4, -0.2) is 30.5 Å². The molecule has 0 unspecified atom stereocenters. The number of carbonyl (C=O) groups is 1. The van der Waals surface area contributed by atoms with Gasteiger partial charge >= 0.3 is 0 Å². The zero-order chi connectivity index (χ0) is 18.9. The minimum absolute atomic E-state index is 0.125. The molecular formula is C22H30N2O2. The van der Waals surface area contributed by atoms with E-state index < -0.39 is 0 Å². The van der Waals surface area contributed by atoms with Gasteiger partial charge in [-0.05, 0) is 48.8 Å². The summed E-state index contributed by atoms with van der Waals surface area (Å²) in [4.78, 5) is 14.9. The van der Waals surface area contributed by atoms with E-state index in [4.69, 9.17) is 4.74 Å². The van der Waals surface area contributed by atoms with E-state index in [1.165, 1.54) is 5.56 Å². The summed E-state index contributed by atoms with van der Waals surface area (Å²) in [5.74, 6) is 1.00. The number of anilines is 1. The molecule has 0 saturated carbocycles. The zero-order valence-electron chi connectivity index (χ0n) is 16.3. The molecule has 26 heavy (non-hydrogen) atoms. The van der Waals surface area contributed by atoms with E-state index in [0.29, 0.717) is 29.5 Å². The zero-order valence-corrected chi connectivity index (χ0v) is 16.3. The maximum atomic E-state index is 12.6. The quantitative estimate of drug-likeness (QED) is 0.702. The number of nitrogens with one attached hydrogen (secondary N) is 1. The van der Waals surface area contributed by atoms with Crippen molar-refractivity contribution in [2.24, 2.45) is 5.92 Å². The Morgan fingerprint density at radius 3 is 2.31 bits per heavy atom. The fourth-order valence-electron chi connectivity index (χ4n) is 2.61. The molecule has 4 nitrogen and oxygen atoms in total. The molecule has 1 N–H and O–H groups in total. The van der Waals surface area contributed by atoms with Crippen LogP contribution >= 0.6 is 0 Å². The van der Waals surface area contributed by atoms with Crippen LogP contribution in [0.1, 0.15) is 43.6 Å². The van der Waals surface area contributed by atoms with Gasteiger partial charge in [0.1, 0.15) is 5.75 Å². The number of nitrogens with zero attached hydrogens (tertiary/aromatic N) is 1. The minimum Gasteiger partial charge on any atom is -0.491 e. The van der Waals surface area contributed by atoms with Gasteiger partial charge < -0.3 is 10.1 Å². The fourth-order valence-corrected chi connectivity index (χ4v) is 2.61. The molecule has 0 bridgehead atoms. The van der Waals surface area contributed by atoms with Crippen molar-refractivity contribution in [3.63, 3.8) is 0 Å². The van der Waals surface area contributed by atoms with E-state index in [1.54, 1.807) is 0 Å². The molecule has 0 saturated heterocycles. The van der Waals surface area contributed by atoms with Gasteiger partial charge in [0, 0.05) is 12.1 Å². The van der Waals surface area contributed by atoms with Crippen LogP contribution in [0.5, 0.6) is 5.75 Å². The lowest BCUT2D eigenvalue weighted by Gasteiger charge is -2.18. The molecule has 0 aromatic heterocycles. The predicted octanol–water partition coefficient (Wildman–Crippen LogP) is 4.82. The first-order chi connectivity index (χ1) is 12.5. The molecule has 0 aliphatic rings. The number of ether oxygens (including phenoxy) is 1. The summed E-state index contributed by atoms with van der Waals surface area (Å²) < 4.78 is 5.80. The maximum absolute atomic E-state index is 12.6. The number of hydrogen-bond acceptors (Lipinski definition) is 3. The van der Waals surface area contributed by atoms with Crippen LogP contribution in [0, 0.1) is 5.92 Å². The molecule has 2 aromatic carbocycles. The normalized spacial score (nSPS) is 11.0. The topological polar surface area (TPSA) is 41.6 Å². The maximum Gasteiger partial charge on any atom is 0.255 e. The molecular weight excluding hydrogens is 324 g/mol. The van der Waals surface area contributed by atoms with Gasteiger partial charge in [-0.25, -0.2) is 0 Å². The van der Waals surface area contributed by atoms with E-state index >= 15 is 0 Å². The molecule has 0 aliphatic carbocycles. The molecule has 0 spiro atoms. The largest absolute Gasteiger partial charge is 0.491 e. The van der Waals surface area contributed by atoms with Crippen molar-refractivity contribution in [2.75, 3.05) is 25.0 Å². The van der Waals surface area contributed by atoms with Crippen LogP contribution in [0.2, 0.25) is 0 Å². The molecule has 0 heterocycles. The average molecular weight is 354 g/mol. The van der Waals surface area contributed by atoms with E-state index in [1.807, 2.05) is 48.5 Å². The fraction of sp³-hybridized carbons (Fsp3) is 0.409. The molecule has 0 fully saturated rings. The lowest BCUT2D eigenvalue weighted by atomic mass is 10.1. The first kappa shape index (κ1) is 20.0. The van der Waals surface area contributed by atoms with E-state index in [2.05, 4.69) is 37.9 Å². The molecule has 2 aromatic rings. The van der Waals surface area contributed by atoms with Crippen LogP contribution in [0.15, 0.2) is 48.5 Å². The van der Waals surface area contributed by atoms with Crippen molar-refractivity contribution in [3.8, 4) is 5.75 Å². The number of hydrogen-bond donors (Lipinski definition) is 1. The molecule has 2 rings (SSSR count). The van der Waals surface area contributed by atoms with Crippen LogP contribution in [0.3, 0.4) is 0 Å². The van der Waals surface area contributed by atoms with Gasteiger partial charge in [0.15, 0.2) is 0 Å². The standard InChI is InChI=1S/C22H30N2O2/c1-5-24(6-2)15-18-11-13-19(14-12-18)22(25)23-20-9-7-8-10-21(20)26-16-17(3)4/h7-14,17H,5-6,15-16H2,1-4H3,(H,23,25). The highest BCUT2D eigenvalue weighted by molar-refractivity contribution is 6.05. The van der Waals surface area contributed by atoms with Crippen LogP contribution in [0.25, 0.3) is 0 Å². The number of para-hydroxylation sites is 2. The van der Waals surface area contributed by atoms with Crippen molar-refractivity contribution < 1.29 is 9.53 Å². The van der Waals surface area contributed by atoms with Crippen molar-refractivity contribution in [3.05, 3.63) is 59.7 Å². The van der Waals surface area contributed by atoms with Gasteiger partial charge in [-0.2, -0.15) is 0 Å². The van der Waals surface area contributed by atoms with Crippen LogP contribution in [-0.2, 0) is 6.54 Å². The highest BCUT2D eigenvalue weighted by atomic mass is 16.5. The Hall–Kier alpha value is -2.33. The minimum atomic E-state index is -0.125. The van der Waals surface area contributed by atoms with Crippen molar-refractivity contribution in [1.82, 2.24) is 4.90 Å². The van der Waals surface area contributed by atoms with E-state index in [-0.39, 0.29) is 5.91 Å².